The Balaban J connectivity index is 0.000000469. The summed E-state index contributed by atoms with van der Waals surface area (Å²) in [5.74, 6) is -4.30. The predicted molar refractivity (Wildman–Crippen MR) is 121 cm³/mol. The van der Waals surface area contributed by atoms with Crippen LogP contribution in [0.5, 0.6) is 0 Å². The van der Waals surface area contributed by atoms with E-state index in [9.17, 15) is 32.7 Å². The van der Waals surface area contributed by atoms with E-state index in [0.29, 0.717) is 4.90 Å². The molecule has 0 aromatic carbocycles. The molecule has 4 rings (SSSR count). The molecule has 2 saturated heterocycles. The van der Waals surface area contributed by atoms with E-state index in [1.807, 2.05) is 0 Å². The van der Waals surface area contributed by atoms with Gasteiger partial charge < -0.3 is 25.8 Å². The fourth-order valence-corrected chi connectivity index (χ4v) is 6.43. The van der Waals surface area contributed by atoms with Crippen LogP contribution in [0.3, 0.4) is 0 Å². The van der Waals surface area contributed by atoms with Gasteiger partial charge in [-0.05, 0) is 11.4 Å². The molecule has 0 spiro atoms. The SMILES string of the molecule is C1CNCCN1.CC(=O)OCC1=C(C(=O)O)N2C(=O)[C@H](NC(=O)Cc3cccs3)[C@@H]2S(=O)(=O)C1. The maximum atomic E-state index is 12.6. The van der Waals surface area contributed by atoms with E-state index in [0.717, 1.165) is 38.0 Å². The van der Waals surface area contributed by atoms with Crippen molar-refractivity contribution in [3.63, 3.8) is 0 Å². The monoisotopic (exact) mass is 514 g/mol. The Morgan fingerprint density at radius 2 is 1.88 bits per heavy atom. The molecule has 2 fully saturated rings. The quantitative estimate of drug-likeness (QED) is 0.257. The Morgan fingerprint density at radius 3 is 2.38 bits per heavy atom. The number of piperazine rings is 1. The van der Waals surface area contributed by atoms with Crippen molar-refractivity contribution in [3.05, 3.63) is 33.7 Å². The summed E-state index contributed by atoms with van der Waals surface area (Å²) in [6.07, 6.45) is -0.0203. The highest BCUT2D eigenvalue weighted by Crippen LogP contribution is 2.36. The van der Waals surface area contributed by atoms with Gasteiger partial charge in [-0.15, -0.1) is 11.3 Å². The zero-order valence-electron chi connectivity index (χ0n) is 18.4. The molecule has 1 aromatic heterocycles. The standard InChI is InChI=1S/C16H16N2O8S2.C4H10N2/c1-8(19)26-6-9-7-28(24,25)15-12(14(21)18(15)13(9)16(22)23)17-11(20)5-10-3-2-4-27-10;1-2-6-4-3-5-1/h2-4,12,15H,5-7H2,1H3,(H,17,20)(H,22,23);5-6H,1-4H2/t12-,15-;/m0./s1. The van der Waals surface area contributed by atoms with Crippen LogP contribution >= 0.6 is 11.3 Å². The fourth-order valence-electron chi connectivity index (χ4n) is 3.72. The normalized spacial score (nSPS) is 23.1. The maximum absolute atomic E-state index is 12.6. The van der Waals surface area contributed by atoms with Gasteiger partial charge in [-0.25, -0.2) is 13.2 Å². The number of nitrogens with one attached hydrogen (secondary N) is 3. The lowest BCUT2D eigenvalue weighted by Crippen LogP contribution is -2.75. The third-order valence-corrected chi connectivity index (χ3v) is 8.05. The molecule has 0 saturated carbocycles. The lowest BCUT2D eigenvalue weighted by molar-refractivity contribution is -0.151. The second-order valence-electron chi connectivity index (χ2n) is 7.74. The molecule has 3 aliphatic heterocycles. The molecule has 3 aliphatic rings. The number of carbonyl (C=O) groups is 4. The van der Waals surface area contributed by atoms with Crippen LogP contribution in [0.1, 0.15) is 11.8 Å². The van der Waals surface area contributed by atoms with E-state index >= 15 is 0 Å². The maximum Gasteiger partial charge on any atom is 0.352 e. The minimum Gasteiger partial charge on any atom is -0.477 e. The van der Waals surface area contributed by atoms with Gasteiger partial charge in [-0.1, -0.05) is 6.07 Å². The summed E-state index contributed by atoms with van der Waals surface area (Å²) in [6.45, 7) is 5.09. The van der Waals surface area contributed by atoms with E-state index in [1.54, 1.807) is 17.5 Å². The lowest BCUT2D eigenvalue weighted by Gasteiger charge is -2.48. The van der Waals surface area contributed by atoms with Crippen molar-refractivity contribution in [3.8, 4) is 0 Å². The molecule has 0 radical (unpaired) electrons. The van der Waals surface area contributed by atoms with Gasteiger partial charge in [0.15, 0.2) is 15.2 Å². The molecular weight excluding hydrogens is 488 g/mol. The number of fused-ring (bicyclic) bond motifs is 1. The lowest BCUT2D eigenvalue weighted by atomic mass is 10.0. The number of carbonyl (C=O) groups excluding carboxylic acids is 3. The number of carboxylic acids is 1. The molecule has 0 unspecified atom stereocenters. The van der Waals surface area contributed by atoms with E-state index in [2.05, 4.69) is 16.0 Å². The summed E-state index contributed by atoms with van der Waals surface area (Å²) in [4.78, 5) is 48.6. The summed E-state index contributed by atoms with van der Waals surface area (Å²) < 4.78 is 29.9. The average molecular weight is 515 g/mol. The summed E-state index contributed by atoms with van der Waals surface area (Å²) in [5, 5.41) is 18.6. The number of ether oxygens (including phenoxy) is 1. The van der Waals surface area contributed by atoms with Crippen molar-refractivity contribution in [1.82, 2.24) is 20.9 Å². The van der Waals surface area contributed by atoms with E-state index in [4.69, 9.17) is 4.74 Å². The minimum absolute atomic E-state index is 0.0203. The number of amides is 2. The van der Waals surface area contributed by atoms with Crippen LogP contribution in [0.25, 0.3) is 0 Å². The molecule has 4 N–H and O–H groups in total. The first-order chi connectivity index (χ1) is 16.1. The third kappa shape index (κ3) is 6.00. The topological polar surface area (TPSA) is 171 Å². The summed E-state index contributed by atoms with van der Waals surface area (Å²) in [5.41, 5.74) is -0.731. The van der Waals surface area contributed by atoms with Crippen LogP contribution in [-0.4, -0.2) is 92.1 Å². The Morgan fingerprint density at radius 1 is 1.24 bits per heavy atom. The van der Waals surface area contributed by atoms with Gasteiger partial charge in [0, 0.05) is 43.6 Å². The second-order valence-corrected chi connectivity index (χ2v) is 10.9. The van der Waals surface area contributed by atoms with Crippen LogP contribution in [-0.2, 0) is 40.2 Å². The van der Waals surface area contributed by atoms with Crippen LogP contribution in [0, 0.1) is 0 Å². The summed E-state index contributed by atoms with van der Waals surface area (Å²) in [7, 11) is -4.00. The van der Waals surface area contributed by atoms with Crippen molar-refractivity contribution in [2.75, 3.05) is 38.5 Å². The zero-order valence-corrected chi connectivity index (χ0v) is 20.0. The van der Waals surface area contributed by atoms with Crippen LogP contribution in [0.4, 0.5) is 0 Å². The molecule has 0 aliphatic carbocycles. The van der Waals surface area contributed by atoms with E-state index in [1.165, 1.54) is 11.3 Å². The molecule has 14 heteroatoms. The Labute approximate surface area is 200 Å². The highest BCUT2D eigenvalue weighted by atomic mass is 32.2. The van der Waals surface area contributed by atoms with Gasteiger partial charge >= 0.3 is 11.9 Å². The number of rotatable bonds is 6. The fraction of sp³-hybridized carbons (Fsp3) is 0.500. The van der Waals surface area contributed by atoms with Crippen LogP contribution in [0.2, 0.25) is 0 Å². The molecule has 2 atom stereocenters. The number of hydrogen-bond acceptors (Lipinski definition) is 10. The molecule has 4 heterocycles. The Kier molecular flexibility index (Phi) is 8.41. The first-order valence-corrected chi connectivity index (χ1v) is 13.1. The van der Waals surface area contributed by atoms with Crippen LogP contribution < -0.4 is 16.0 Å². The highest BCUT2D eigenvalue weighted by Gasteiger charge is 2.60. The Bertz CT molecular complexity index is 1070. The minimum atomic E-state index is -4.00. The third-order valence-electron chi connectivity index (χ3n) is 5.20. The van der Waals surface area contributed by atoms with Gasteiger partial charge in [0.05, 0.1) is 12.2 Å². The molecule has 186 valence electrons. The molecule has 12 nitrogen and oxygen atoms in total. The number of sulfone groups is 1. The van der Waals surface area contributed by atoms with Crippen molar-refractivity contribution < 1.29 is 37.4 Å². The van der Waals surface area contributed by atoms with Gasteiger partial charge in [0.25, 0.3) is 5.91 Å². The first-order valence-electron chi connectivity index (χ1n) is 10.5. The van der Waals surface area contributed by atoms with Gasteiger partial charge in [0.2, 0.25) is 5.91 Å². The van der Waals surface area contributed by atoms with Crippen molar-refractivity contribution in [1.29, 1.82) is 0 Å². The molecule has 34 heavy (non-hydrogen) atoms. The average Bonchev–Trinajstić information content (AvgIpc) is 3.29. The molecule has 2 amide bonds. The number of carboxylic acid groups (broad SMARTS) is 1. The van der Waals surface area contributed by atoms with Crippen LogP contribution in [0.15, 0.2) is 28.8 Å². The van der Waals surface area contributed by atoms with Crippen molar-refractivity contribution in [2.24, 2.45) is 0 Å². The number of hydrogen-bond donors (Lipinski definition) is 4. The van der Waals surface area contributed by atoms with Gasteiger partial charge in [0.1, 0.15) is 18.3 Å². The van der Waals surface area contributed by atoms with E-state index in [-0.39, 0.29) is 12.0 Å². The molecule has 0 bridgehead atoms. The highest BCUT2D eigenvalue weighted by molar-refractivity contribution is 7.92. The predicted octanol–water partition coefficient (Wildman–Crippen LogP) is -1.55. The number of nitrogens with zero attached hydrogens (tertiary/aromatic N) is 1. The number of thiophene rings is 1. The molecule has 1 aromatic rings. The smallest absolute Gasteiger partial charge is 0.352 e. The largest absolute Gasteiger partial charge is 0.477 e. The second kappa shape index (κ2) is 11.1. The number of esters is 1. The molecular formula is C20H26N4O8S2. The van der Waals surface area contributed by atoms with Crippen molar-refractivity contribution >= 4 is 44.9 Å². The Hall–Kier alpha value is -2.81. The van der Waals surface area contributed by atoms with Crippen molar-refractivity contribution in [2.45, 2.75) is 24.8 Å². The van der Waals surface area contributed by atoms with E-state index < -0.39 is 63.1 Å². The number of β-lactam (4-membered cyclic amide) rings is 1. The number of aliphatic carboxylic acids is 1. The van der Waals surface area contributed by atoms with Gasteiger partial charge in [-0.3, -0.25) is 19.3 Å². The summed E-state index contributed by atoms with van der Waals surface area (Å²) >= 11 is 1.34. The summed E-state index contributed by atoms with van der Waals surface area (Å²) in [6, 6.07) is 2.12. The zero-order chi connectivity index (χ0) is 24.9. The van der Waals surface area contributed by atoms with Gasteiger partial charge in [-0.2, -0.15) is 0 Å². The first kappa shape index (κ1) is 25.8.